The predicted octanol–water partition coefficient (Wildman–Crippen LogP) is 4.20. The lowest BCUT2D eigenvalue weighted by Gasteiger charge is -2.06. The zero-order valence-electron chi connectivity index (χ0n) is 10.2. The number of benzene rings is 1. The molecule has 0 spiro atoms. The van der Waals surface area contributed by atoms with Crippen LogP contribution >= 0.6 is 15.9 Å². The normalized spacial score (nSPS) is 11.4. The van der Waals surface area contributed by atoms with Gasteiger partial charge in [0.05, 0.1) is 0 Å². The summed E-state index contributed by atoms with van der Waals surface area (Å²) in [6.45, 7) is 3.94. The number of carbonyl (C=O) groups is 1. The number of hydrogen-bond donors (Lipinski definition) is 0. The van der Waals surface area contributed by atoms with E-state index in [1.54, 1.807) is 0 Å². The summed E-state index contributed by atoms with van der Waals surface area (Å²) in [6, 6.07) is 8.07. The van der Waals surface area contributed by atoms with Crippen molar-refractivity contribution in [2.45, 2.75) is 26.7 Å². The van der Waals surface area contributed by atoms with E-state index in [2.05, 4.69) is 28.9 Å². The Balaban J connectivity index is 2.74. The van der Waals surface area contributed by atoms with Crippen LogP contribution in [0.1, 0.15) is 32.3 Å². The molecule has 0 atom stereocenters. The first kappa shape index (κ1) is 14.0. The lowest BCUT2D eigenvalue weighted by Crippen LogP contribution is -2.03. The van der Waals surface area contributed by atoms with E-state index in [0.29, 0.717) is 6.61 Å². The minimum absolute atomic E-state index is 0.234. The minimum atomic E-state index is -0.234. The van der Waals surface area contributed by atoms with Crippen molar-refractivity contribution < 1.29 is 9.53 Å². The molecule has 0 bridgehead atoms. The summed E-state index contributed by atoms with van der Waals surface area (Å²) in [7, 11) is 0. The number of rotatable bonds is 5. The standard InChI is InChI=1S/C14H17BrO2/c1-3-4-13(10-17-11(2)16)9-12-5-7-14(15)8-6-12/h5-9H,3-4,10H2,1-2H3. The summed E-state index contributed by atoms with van der Waals surface area (Å²) in [5.41, 5.74) is 2.27. The molecule has 92 valence electrons. The van der Waals surface area contributed by atoms with Crippen LogP contribution in [0, 0.1) is 0 Å². The molecular weight excluding hydrogens is 280 g/mol. The third-order valence-electron chi connectivity index (χ3n) is 2.27. The Morgan fingerprint density at radius 1 is 1.35 bits per heavy atom. The Labute approximate surface area is 111 Å². The summed E-state index contributed by atoms with van der Waals surface area (Å²) >= 11 is 3.40. The van der Waals surface area contributed by atoms with Crippen molar-refractivity contribution in [3.05, 3.63) is 39.9 Å². The molecule has 0 unspecified atom stereocenters. The van der Waals surface area contributed by atoms with Gasteiger partial charge in [-0.15, -0.1) is 0 Å². The van der Waals surface area contributed by atoms with Crippen LogP contribution in [0.3, 0.4) is 0 Å². The van der Waals surface area contributed by atoms with Gasteiger partial charge in [-0.2, -0.15) is 0 Å². The van der Waals surface area contributed by atoms with Gasteiger partial charge in [0, 0.05) is 11.4 Å². The molecule has 3 heteroatoms. The maximum absolute atomic E-state index is 10.8. The van der Waals surface area contributed by atoms with Gasteiger partial charge in [-0.25, -0.2) is 0 Å². The van der Waals surface area contributed by atoms with Crippen molar-refractivity contribution in [2.75, 3.05) is 6.61 Å². The molecule has 0 aliphatic carbocycles. The lowest BCUT2D eigenvalue weighted by molar-refractivity contribution is -0.140. The second kappa shape index (κ2) is 7.28. The van der Waals surface area contributed by atoms with Crippen LogP contribution in [0.15, 0.2) is 34.3 Å². The number of esters is 1. The second-order valence-electron chi connectivity index (χ2n) is 3.88. The highest BCUT2D eigenvalue weighted by atomic mass is 79.9. The van der Waals surface area contributed by atoms with E-state index in [0.717, 1.165) is 28.5 Å². The molecule has 0 saturated heterocycles. The van der Waals surface area contributed by atoms with Gasteiger partial charge in [0.15, 0.2) is 0 Å². The highest BCUT2D eigenvalue weighted by Gasteiger charge is 2.00. The second-order valence-corrected chi connectivity index (χ2v) is 4.80. The summed E-state index contributed by atoms with van der Waals surface area (Å²) in [4.78, 5) is 10.8. The van der Waals surface area contributed by atoms with Gasteiger partial charge in [-0.1, -0.05) is 47.5 Å². The SMILES string of the molecule is CCCC(=Cc1ccc(Br)cc1)COC(C)=O. The van der Waals surface area contributed by atoms with E-state index in [9.17, 15) is 4.79 Å². The van der Waals surface area contributed by atoms with Gasteiger partial charge in [0.25, 0.3) is 0 Å². The molecule has 1 rings (SSSR count). The van der Waals surface area contributed by atoms with Crippen LogP contribution in [0.4, 0.5) is 0 Å². The van der Waals surface area contributed by atoms with E-state index in [1.165, 1.54) is 6.92 Å². The van der Waals surface area contributed by atoms with Gasteiger partial charge in [0.2, 0.25) is 0 Å². The first-order chi connectivity index (χ1) is 8.11. The monoisotopic (exact) mass is 296 g/mol. The maximum atomic E-state index is 10.8. The van der Waals surface area contributed by atoms with Crippen LogP contribution in [0.5, 0.6) is 0 Å². The van der Waals surface area contributed by atoms with E-state index >= 15 is 0 Å². The average Bonchev–Trinajstić information content (AvgIpc) is 2.29. The van der Waals surface area contributed by atoms with Crippen molar-refractivity contribution in [3.8, 4) is 0 Å². The number of hydrogen-bond acceptors (Lipinski definition) is 2. The largest absolute Gasteiger partial charge is 0.461 e. The fourth-order valence-corrected chi connectivity index (χ4v) is 1.76. The fraction of sp³-hybridized carbons (Fsp3) is 0.357. The first-order valence-corrected chi connectivity index (χ1v) is 6.49. The first-order valence-electron chi connectivity index (χ1n) is 5.70. The van der Waals surface area contributed by atoms with Gasteiger partial charge in [-0.05, 0) is 29.7 Å². The van der Waals surface area contributed by atoms with E-state index in [1.807, 2.05) is 24.3 Å². The highest BCUT2D eigenvalue weighted by molar-refractivity contribution is 9.10. The van der Waals surface area contributed by atoms with Crippen molar-refractivity contribution in [2.24, 2.45) is 0 Å². The van der Waals surface area contributed by atoms with Gasteiger partial charge >= 0.3 is 5.97 Å². The Morgan fingerprint density at radius 2 is 2.00 bits per heavy atom. The molecule has 0 aliphatic rings. The van der Waals surface area contributed by atoms with Gasteiger partial charge < -0.3 is 4.74 Å². The smallest absolute Gasteiger partial charge is 0.302 e. The third kappa shape index (κ3) is 5.68. The molecule has 1 aromatic rings. The molecule has 2 nitrogen and oxygen atoms in total. The highest BCUT2D eigenvalue weighted by Crippen LogP contribution is 2.15. The van der Waals surface area contributed by atoms with Gasteiger partial charge in [-0.3, -0.25) is 4.79 Å². The Hall–Kier alpha value is -1.09. The predicted molar refractivity (Wildman–Crippen MR) is 73.7 cm³/mol. The molecule has 0 aromatic heterocycles. The van der Waals surface area contributed by atoms with Gasteiger partial charge in [0.1, 0.15) is 6.61 Å². The average molecular weight is 297 g/mol. The van der Waals surface area contributed by atoms with Crippen LogP contribution < -0.4 is 0 Å². The van der Waals surface area contributed by atoms with Crippen molar-refractivity contribution >= 4 is 28.0 Å². The molecule has 0 amide bonds. The Kier molecular flexibility index (Phi) is 5.98. The molecule has 0 heterocycles. The lowest BCUT2D eigenvalue weighted by atomic mass is 10.1. The van der Waals surface area contributed by atoms with Crippen molar-refractivity contribution in [1.82, 2.24) is 0 Å². The fourth-order valence-electron chi connectivity index (χ4n) is 1.50. The van der Waals surface area contributed by atoms with E-state index < -0.39 is 0 Å². The molecule has 0 aliphatic heterocycles. The topological polar surface area (TPSA) is 26.3 Å². The molecule has 0 N–H and O–H groups in total. The summed E-state index contributed by atoms with van der Waals surface area (Å²) in [5, 5.41) is 0. The molecule has 0 radical (unpaired) electrons. The molecule has 1 aromatic carbocycles. The number of ether oxygens (including phenoxy) is 1. The van der Waals surface area contributed by atoms with Crippen LogP contribution in [0.25, 0.3) is 6.08 Å². The Bertz CT molecular complexity index is 393. The molecular formula is C14H17BrO2. The van der Waals surface area contributed by atoms with Crippen LogP contribution in [-0.2, 0) is 9.53 Å². The molecule has 0 fully saturated rings. The van der Waals surface area contributed by atoms with E-state index in [4.69, 9.17) is 4.74 Å². The van der Waals surface area contributed by atoms with Crippen molar-refractivity contribution in [1.29, 1.82) is 0 Å². The zero-order chi connectivity index (χ0) is 12.7. The summed E-state index contributed by atoms with van der Waals surface area (Å²) < 4.78 is 6.10. The quantitative estimate of drug-likeness (QED) is 0.761. The van der Waals surface area contributed by atoms with Crippen LogP contribution in [-0.4, -0.2) is 12.6 Å². The maximum Gasteiger partial charge on any atom is 0.302 e. The number of carbonyl (C=O) groups excluding carboxylic acids is 1. The molecule has 0 saturated carbocycles. The summed E-state index contributed by atoms with van der Waals surface area (Å²) in [5.74, 6) is -0.234. The zero-order valence-corrected chi connectivity index (χ0v) is 11.8. The summed E-state index contributed by atoms with van der Waals surface area (Å²) in [6.07, 6.45) is 4.08. The van der Waals surface area contributed by atoms with E-state index in [-0.39, 0.29) is 5.97 Å². The van der Waals surface area contributed by atoms with Crippen LogP contribution in [0.2, 0.25) is 0 Å². The molecule has 17 heavy (non-hydrogen) atoms. The minimum Gasteiger partial charge on any atom is -0.461 e. The number of halogens is 1. The van der Waals surface area contributed by atoms with Crippen molar-refractivity contribution in [3.63, 3.8) is 0 Å². The Morgan fingerprint density at radius 3 is 2.53 bits per heavy atom. The third-order valence-corrected chi connectivity index (χ3v) is 2.80.